The van der Waals surface area contributed by atoms with Gasteiger partial charge in [0, 0.05) is 23.1 Å². The number of fused-ring (bicyclic) bond motifs is 3. The molecule has 1 aliphatic heterocycles. The topological polar surface area (TPSA) is 72.5 Å². The van der Waals surface area contributed by atoms with Gasteiger partial charge in [-0.05, 0) is 25.3 Å². The zero-order chi connectivity index (χ0) is 21.6. The number of ether oxygens (including phenoxy) is 1. The molecule has 31 heavy (non-hydrogen) atoms. The van der Waals surface area contributed by atoms with Gasteiger partial charge in [0.25, 0.3) is 0 Å². The van der Waals surface area contributed by atoms with Crippen LogP contribution in [0.2, 0.25) is 0 Å². The molecule has 0 aromatic heterocycles. The Bertz CT molecular complexity index is 1040. The quantitative estimate of drug-likeness (QED) is 0.338. The number of ketones is 1. The Morgan fingerprint density at radius 2 is 1.68 bits per heavy atom. The van der Waals surface area contributed by atoms with E-state index in [1.54, 1.807) is 24.3 Å². The molecule has 5 nitrogen and oxygen atoms in total. The largest absolute Gasteiger partial charge is 0.425 e. The molecule has 2 aromatic rings. The molecule has 1 amide bonds. The summed E-state index contributed by atoms with van der Waals surface area (Å²) < 4.78 is 5.69. The van der Waals surface area contributed by atoms with Crippen LogP contribution in [0.3, 0.4) is 0 Å². The van der Waals surface area contributed by atoms with E-state index in [1.165, 1.54) is 6.42 Å². The summed E-state index contributed by atoms with van der Waals surface area (Å²) in [5.74, 6) is -1.17. The summed E-state index contributed by atoms with van der Waals surface area (Å²) in [6.45, 7) is 1.89. The van der Waals surface area contributed by atoms with Crippen LogP contribution < -0.4 is 10.1 Å². The van der Waals surface area contributed by atoms with Gasteiger partial charge in [-0.2, -0.15) is 0 Å². The van der Waals surface area contributed by atoms with Gasteiger partial charge in [0.15, 0.2) is 11.2 Å². The lowest BCUT2D eigenvalue weighted by atomic mass is 9.82. The van der Waals surface area contributed by atoms with E-state index < -0.39 is 22.7 Å². The number of hydrogen-bond donors (Lipinski definition) is 1. The second kappa shape index (κ2) is 7.33. The molecule has 2 fully saturated rings. The van der Waals surface area contributed by atoms with Crippen molar-refractivity contribution in [2.75, 3.05) is 0 Å². The van der Waals surface area contributed by atoms with E-state index in [4.69, 9.17) is 4.74 Å². The van der Waals surface area contributed by atoms with E-state index in [1.807, 2.05) is 37.3 Å². The van der Waals surface area contributed by atoms with Crippen LogP contribution in [-0.4, -0.2) is 23.7 Å². The number of amides is 1. The zero-order valence-corrected chi connectivity index (χ0v) is 17.7. The van der Waals surface area contributed by atoms with Gasteiger partial charge >= 0.3 is 5.97 Å². The van der Waals surface area contributed by atoms with Crippen molar-refractivity contribution in [3.63, 3.8) is 0 Å². The van der Waals surface area contributed by atoms with Crippen LogP contribution in [0.4, 0.5) is 0 Å². The van der Waals surface area contributed by atoms with Gasteiger partial charge in [0.2, 0.25) is 5.91 Å². The first-order chi connectivity index (χ1) is 15.1. The molecule has 2 aliphatic carbocycles. The van der Waals surface area contributed by atoms with E-state index in [0.717, 1.165) is 31.2 Å². The fraction of sp³-hybridized carbons (Fsp3) is 0.423. The average molecular weight is 418 g/mol. The molecule has 2 aromatic carbocycles. The first-order valence-electron chi connectivity index (χ1n) is 11.3. The summed E-state index contributed by atoms with van der Waals surface area (Å²) in [5, 5.41) is 3.14. The van der Waals surface area contributed by atoms with Gasteiger partial charge in [-0.1, -0.05) is 74.7 Å². The highest BCUT2D eigenvalue weighted by Gasteiger charge is 2.89. The lowest BCUT2D eigenvalue weighted by molar-refractivity contribution is -0.150. The summed E-state index contributed by atoms with van der Waals surface area (Å²) >= 11 is 0. The van der Waals surface area contributed by atoms with Crippen molar-refractivity contribution >= 4 is 17.7 Å². The Balaban J connectivity index is 1.63. The van der Waals surface area contributed by atoms with Crippen LogP contribution in [0.15, 0.2) is 54.6 Å². The number of rotatable bonds is 5. The summed E-state index contributed by atoms with van der Waals surface area (Å²) in [7, 11) is 0. The van der Waals surface area contributed by atoms with Crippen LogP contribution in [0.5, 0.6) is 5.75 Å². The fourth-order valence-electron chi connectivity index (χ4n) is 6.10. The fourth-order valence-corrected chi connectivity index (χ4v) is 6.10. The van der Waals surface area contributed by atoms with E-state index in [0.29, 0.717) is 17.7 Å². The first kappa shape index (κ1) is 20.0. The average Bonchev–Trinajstić information content (AvgIpc) is 3.47. The van der Waals surface area contributed by atoms with E-state index >= 15 is 0 Å². The predicted molar refractivity (Wildman–Crippen MR) is 116 cm³/mol. The third-order valence-corrected chi connectivity index (χ3v) is 7.60. The van der Waals surface area contributed by atoms with Gasteiger partial charge in [-0.15, -0.1) is 0 Å². The number of carbonyl (C=O) groups excluding carboxylic acids is 3. The van der Waals surface area contributed by atoms with Crippen molar-refractivity contribution in [3.8, 4) is 5.75 Å². The number of carbonyl (C=O) groups is 3. The molecule has 0 unspecified atom stereocenters. The minimum Gasteiger partial charge on any atom is -0.425 e. The Hall–Kier alpha value is -2.95. The van der Waals surface area contributed by atoms with Crippen molar-refractivity contribution in [1.29, 1.82) is 0 Å². The van der Waals surface area contributed by atoms with E-state index in [2.05, 4.69) is 5.32 Å². The van der Waals surface area contributed by atoms with Crippen molar-refractivity contribution in [2.24, 2.45) is 10.8 Å². The van der Waals surface area contributed by atoms with Crippen LogP contribution in [-0.2, 0) is 9.59 Å². The highest BCUT2D eigenvalue weighted by Crippen LogP contribution is 2.79. The maximum atomic E-state index is 13.9. The predicted octanol–water partition coefficient (Wildman–Crippen LogP) is 4.42. The van der Waals surface area contributed by atoms with Gasteiger partial charge in [0.05, 0.1) is 5.41 Å². The smallest absolute Gasteiger partial charge is 0.328 e. The van der Waals surface area contributed by atoms with Crippen LogP contribution in [0.1, 0.15) is 67.3 Å². The second-order valence-corrected chi connectivity index (χ2v) is 9.00. The molecule has 0 radical (unpaired) electrons. The third kappa shape index (κ3) is 2.65. The van der Waals surface area contributed by atoms with Gasteiger partial charge < -0.3 is 10.1 Å². The normalized spacial score (nSPS) is 29.3. The lowest BCUT2D eigenvalue weighted by Crippen LogP contribution is -2.49. The number of para-hydroxylation sites is 1. The molecular formula is C26H27NO4. The molecule has 3 atom stereocenters. The van der Waals surface area contributed by atoms with Crippen molar-refractivity contribution < 1.29 is 19.1 Å². The first-order valence-corrected chi connectivity index (χ1v) is 11.3. The maximum Gasteiger partial charge on any atom is 0.328 e. The number of hydrogen-bond acceptors (Lipinski definition) is 4. The Morgan fingerprint density at radius 1 is 1.00 bits per heavy atom. The minimum absolute atomic E-state index is 0.0447. The molecule has 160 valence electrons. The van der Waals surface area contributed by atoms with Gasteiger partial charge in [-0.3, -0.25) is 14.4 Å². The molecule has 2 saturated carbocycles. The molecule has 5 rings (SSSR count). The molecule has 0 bridgehead atoms. The number of esters is 1. The van der Waals surface area contributed by atoms with Crippen LogP contribution >= 0.6 is 0 Å². The standard InChI is InChI=1S/C26H27NO4/c1-2-25(22(28)17-11-5-3-6-12-17)21-19-15-9-10-16-20(19)31-24(30)26(21,25)23(29)27-18-13-7-4-8-14-18/h3,5-6,9-12,15-16,18,21H,2,4,7-8,13-14H2,1H3,(H,27,29)/t21-,25-,26-/m0/s1. The number of Topliss-reactive ketones (excluding diaryl/α,β-unsaturated/α-hetero) is 1. The minimum atomic E-state index is -1.51. The molecule has 3 aliphatic rings. The van der Waals surface area contributed by atoms with Crippen molar-refractivity contribution in [3.05, 3.63) is 65.7 Å². The number of benzene rings is 2. The summed E-state index contributed by atoms with van der Waals surface area (Å²) in [4.78, 5) is 41.2. The Labute approximate surface area is 182 Å². The SMILES string of the molecule is CC[C@@]1(C(=O)c2ccccc2)[C@@H]2c3ccccc3OC(=O)[C@@]21C(=O)NC1CCCCC1. The highest BCUT2D eigenvalue weighted by atomic mass is 16.5. The van der Waals surface area contributed by atoms with E-state index in [9.17, 15) is 14.4 Å². The molecule has 0 spiro atoms. The number of nitrogens with one attached hydrogen (secondary N) is 1. The summed E-state index contributed by atoms with van der Waals surface area (Å²) in [5.41, 5.74) is -1.36. The van der Waals surface area contributed by atoms with Crippen LogP contribution in [0, 0.1) is 10.8 Å². The highest BCUT2D eigenvalue weighted by molar-refractivity contribution is 6.21. The summed E-state index contributed by atoms with van der Waals surface area (Å²) in [6.07, 6.45) is 5.49. The second-order valence-electron chi connectivity index (χ2n) is 9.00. The Morgan fingerprint density at radius 3 is 2.39 bits per heavy atom. The van der Waals surface area contributed by atoms with E-state index in [-0.39, 0.29) is 17.7 Å². The lowest BCUT2D eigenvalue weighted by Gasteiger charge is -2.28. The van der Waals surface area contributed by atoms with Gasteiger partial charge in [-0.25, -0.2) is 0 Å². The van der Waals surface area contributed by atoms with Crippen molar-refractivity contribution in [2.45, 2.75) is 57.4 Å². The third-order valence-electron chi connectivity index (χ3n) is 7.60. The molecule has 5 heteroatoms. The zero-order valence-electron chi connectivity index (χ0n) is 17.7. The van der Waals surface area contributed by atoms with Crippen LogP contribution in [0.25, 0.3) is 0 Å². The molecule has 1 heterocycles. The monoisotopic (exact) mass is 417 g/mol. The molecule has 0 saturated heterocycles. The van der Waals surface area contributed by atoms with Gasteiger partial charge in [0.1, 0.15) is 5.75 Å². The summed E-state index contributed by atoms with van der Waals surface area (Å²) in [6, 6.07) is 16.3. The molecule has 1 N–H and O–H groups in total. The van der Waals surface area contributed by atoms with Crippen molar-refractivity contribution in [1.82, 2.24) is 5.32 Å². The maximum absolute atomic E-state index is 13.9. The molecular weight excluding hydrogens is 390 g/mol. The Kier molecular flexibility index (Phi) is 4.72.